The molecule has 0 radical (unpaired) electrons. The van der Waals surface area contributed by atoms with Gasteiger partial charge >= 0.3 is 22.6 Å². The molecule has 0 amide bonds. The Morgan fingerprint density at radius 1 is 0.907 bits per heavy atom. The number of methoxy groups -OCH3 is 1. The topological polar surface area (TPSA) is 123 Å². The van der Waals surface area contributed by atoms with E-state index in [0.29, 0.717) is 22.6 Å². The largest absolute Gasteiger partial charge is 0.497 e. The molecule has 5 rings (SSSR count). The van der Waals surface area contributed by atoms with Crippen LogP contribution in [0.25, 0.3) is 17.1 Å². The lowest BCUT2D eigenvalue weighted by Gasteiger charge is -2.13. The molecule has 15 heteroatoms. The maximum atomic E-state index is 13.4. The predicted octanol–water partition coefficient (Wildman–Crippen LogP) is 4.52. The zero-order valence-electron chi connectivity index (χ0n) is 22.8. The van der Waals surface area contributed by atoms with Crippen molar-refractivity contribution < 1.29 is 27.2 Å². The number of rotatable bonds is 8. The van der Waals surface area contributed by atoms with E-state index < -0.39 is 29.1 Å². The van der Waals surface area contributed by atoms with E-state index in [1.165, 1.54) is 56.6 Å². The molecule has 11 nitrogen and oxygen atoms in total. The molecule has 43 heavy (non-hydrogen) atoms. The van der Waals surface area contributed by atoms with Crippen molar-refractivity contribution >= 4 is 11.8 Å². The number of thioether (sulfide) groups is 1. The maximum absolute atomic E-state index is 13.4. The summed E-state index contributed by atoms with van der Waals surface area (Å²) in [6.45, 7) is 1.27. The van der Waals surface area contributed by atoms with Crippen LogP contribution in [0, 0.1) is 6.92 Å². The van der Waals surface area contributed by atoms with Crippen LogP contribution in [-0.4, -0.2) is 36.5 Å². The third kappa shape index (κ3) is 6.40. The van der Waals surface area contributed by atoms with Crippen LogP contribution in [0.15, 0.2) is 90.5 Å². The molecule has 0 saturated heterocycles. The highest BCUT2D eigenvalue weighted by molar-refractivity contribution is 8.00. The number of nitrogens with zero attached hydrogens (tertiary/aromatic N) is 5. The number of aryl methyl sites for hydroxylation is 1. The summed E-state index contributed by atoms with van der Waals surface area (Å²) < 4.78 is 56.4. The van der Waals surface area contributed by atoms with Crippen molar-refractivity contribution in [1.29, 1.82) is 0 Å². The van der Waals surface area contributed by atoms with Gasteiger partial charge < -0.3 is 14.0 Å². The van der Waals surface area contributed by atoms with Crippen molar-refractivity contribution in [3.05, 3.63) is 110 Å². The summed E-state index contributed by atoms with van der Waals surface area (Å²) in [7, 11) is 2.77. The van der Waals surface area contributed by atoms with Gasteiger partial charge in [0.25, 0.3) is 0 Å². The lowest BCUT2D eigenvalue weighted by atomic mass is 10.2. The van der Waals surface area contributed by atoms with Gasteiger partial charge in [-0.3, -0.25) is 0 Å². The molecule has 5 aromatic rings. The van der Waals surface area contributed by atoms with Gasteiger partial charge in [0.2, 0.25) is 11.7 Å². The van der Waals surface area contributed by atoms with Crippen LogP contribution in [0.3, 0.4) is 0 Å². The molecule has 0 atom stereocenters. The van der Waals surface area contributed by atoms with E-state index in [0.717, 1.165) is 13.7 Å². The fourth-order valence-corrected chi connectivity index (χ4v) is 4.63. The summed E-state index contributed by atoms with van der Waals surface area (Å²) in [6.07, 6.45) is 0. The monoisotopic (exact) mass is 613 g/mol. The van der Waals surface area contributed by atoms with Crippen LogP contribution in [-0.2, 0) is 13.6 Å². The van der Waals surface area contributed by atoms with Crippen LogP contribution in [0.1, 0.15) is 11.5 Å². The van der Waals surface area contributed by atoms with E-state index in [9.17, 15) is 27.6 Å². The molecule has 0 unspecified atom stereocenters. The number of halogens is 3. The standard InChI is InChI=1S/C28H22F3N5O6S/c1-16-14-18(6-13-22(16)41-20-9-11-21(12-10-20)43-28(29,30)31)36-26(38)34(2)25(37)35(27(36)39)15-23-32-24(33-42-23)17-4-7-19(40-3)8-5-17/h4-14H,15H2,1-3H3. The maximum Gasteiger partial charge on any atom is 0.446 e. The summed E-state index contributed by atoms with van der Waals surface area (Å²) in [4.78, 5) is 43.6. The average molecular weight is 614 g/mol. The van der Waals surface area contributed by atoms with Gasteiger partial charge in [-0.25, -0.2) is 28.1 Å². The smallest absolute Gasteiger partial charge is 0.446 e. The molecule has 0 fully saturated rings. The quantitative estimate of drug-likeness (QED) is 0.233. The van der Waals surface area contributed by atoms with Crippen molar-refractivity contribution in [1.82, 2.24) is 23.8 Å². The van der Waals surface area contributed by atoms with Crippen molar-refractivity contribution in [3.63, 3.8) is 0 Å². The lowest BCUT2D eigenvalue weighted by Crippen LogP contribution is -2.53. The molecule has 0 aliphatic rings. The molecule has 0 spiro atoms. The average Bonchev–Trinajstić information content (AvgIpc) is 3.45. The first-order valence-electron chi connectivity index (χ1n) is 12.5. The zero-order chi connectivity index (χ0) is 30.9. The molecule has 0 aliphatic carbocycles. The summed E-state index contributed by atoms with van der Waals surface area (Å²) >= 11 is -0.235. The molecule has 0 bridgehead atoms. The van der Waals surface area contributed by atoms with Crippen LogP contribution in [0.5, 0.6) is 17.2 Å². The highest BCUT2D eigenvalue weighted by atomic mass is 32.2. The van der Waals surface area contributed by atoms with Gasteiger partial charge in [-0.1, -0.05) is 5.16 Å². The second-order valence-corrected chi connectivity index (χ2v) is 10.3. The highest BCUT2D eigenvalue weighted by Gasteiger charge is 2.29. The Labute approximate surface area is 244 Å². The number of benzene rings is 3. The third-order valence-corrected chi connectivity index (χ3v) is 6.97. The van der Waals surface area contributed by atoms with Gasteiger partial charge in [-0.2, -0.15) is 18.2 Å². The van der Waals surface area contributed by atoms with E-state index >= 15 is 0 Å². The molecule has 3 aromatic carbocycles. The molecular formula is C28H22F3N5O6S. The van der Waals surface area contributed by atoms with Gasteiger partial charge in [-0.05, 0) is 91.0 Å². The van der Waals surface area contributed by atoms with Crippen LogP contribution < -0.4 is 26.5 Å². The minimum Gasteiger partial charge on any atom is -0.497 e. The van der Waals surface area contributed by atoms with Crippen molar-refractivity contribution in [2.45, 2.75) is 23.9 Å². The van der Waals surface area contributed by atoms with Crippen molar-refractivity contribution in [2.75, 3.05) is 7.11 Å². The van der Waals surface area contributed by atoms with E-state index in [-0.39, 0.29) is 39.8 Å². The summed E-state index contributed by atoms with van der Waals surface area (Å²) in [5.41, 5.74) is -5.79. The van der Waals surface area contributed by atoms with Crippen LogP contribution >= 0.6 is 11.8 Å². The second kappa shape index (κ2) is 11.7. The molecule has 2 aromatic heterocycles. The minimum absolute atomic E-state index is 0.00903. The summed E-state index contributed by atoms with van der Waals surface area (Å²) in [5, 5.41) is 3.91. The number of alkyl halides is 3. The number of aromatic nitrogens is 5. The molecule has 2 heterocycles. The van der Waals surface area contributed by atoms with Gasteiger partial charge in [0.15, 0.2) is 0 Å². The number of hydrogen-bond acceptors (Lipinski definition) is 9. The summed E-state index contributed by atoms with van der Waals surface area (Å²) in [6, 6.07) is 16.7. The van der Waals surface area contributed by atoms with Gasteiger partial charge in [0, 0.05) is 17.5 Å². The Balaban J connectivity index is 1.42. The number of hydrogen-bond donors (Lipinski definition) is 0. The van der Waals surface area contributed by atoms with Crippen molar-refractivity contribution in [3.8, 4) is 34.3 Å². The molecule has 222 valence electrons. The first-order chi connectivity index (χ1) is 20.4. The Kier molecular flexibility index (Phi) is 8.00. The van der Waals surface area contributed by atoms with E-state index in [4.69, 9.17) is 14.0 Å². The SMILES string of the molecule is COc1ccc(-c2noc(Cn3c(=O)n(C)c(=O)n(-c4ccc(Oc5ccc(SC(F)(F)F)cc5)c(C)c4)c3=O)n2)cc1. The van der Waals surface area contributed by atoms with Gasteiger partial charge in [0.05, 0.1) is 12.8 Å². The summed E-state index contributed by atoms with van der Waals surface area (Å²) in [5.74, 6) is 1.47. The Hall–Kier alpha value is -5.05. The first kappa shape index (κ1) is 29.4. The van der Waals surface area contributed by atoms with Crippen LogP contribution in [0.2, 0.25) is 0 Å². The van der Waals surface area contributed by atoms with E-state index in [1.807, 2.05) is 0 Å². The third-order valence-electron chi connectivity index (χ3n) is 6.23. The normalized spacial score (nSPS) is 11.5. The van der Waals surface area contributed by atoms with Gasteiger partial charge in [-0.15, -0.1) is 0 Å². The minimum atomic E-state index is -4.40. The highest BCUT2D eigenvalue weighted by Crippen LogP contribution is 2.37. The second-order valence-electron chi connectivity index (χ2n) is 9.14. The Morgan fingerprint density at radius 2 is 1.58 bits per heavy atom. The Morgan fingerprint density at radius 3 is 2.21 bits per heavy atom. The fraction of sp³-hybridized carbons (Fsp3) is 0.179. The first-order valence-corrected chi connectivity index (χ1v) is 13.3. The van der Waals surface area contributed by atoms with Crippen LogP contribution in [0.4, 0.5) is 13.2 Å². The molecular weight excluding hydrogens is 591 g/mol. The van der Waals surface area contributed by atoms with Gasteiger partial charge in [0.1, 0.15) is 23.8 Å². The molecule has 0 N–H and O–H groups in total. The van der Waals surface area contributed by atoms with E-state index in [1.54, 1.807) is 31.2 Å². The molecule has 0 saturated carbocycles. The Bertz CT molecular complexity index is 1960. The molecule has 0 aliphatic heterocycles. The number of ether oxygens (including phenoxy) is 2. The van der Waals surface area contributed by atoms with E-state index in [2.05, 4.69) is 10.1 Å². The lowest BCUT2D eigenvalue weighted by molar-refractivity contribution is -0.0328. The fourth-order valence-electron chi connectivity index (χ4n) is 4.09. The predicted molar refractivity (Wildman–Crippen MR) is 150 cm³/mol. The van der Waals surface area contributed by atoms with Crippen molar-refractivity contribution in [2.24, 2.45) is 7.05 Å². The zero-order valence-corrected chi connectivity index (χ0v) is 23.6.